The van der Waals surface area contributed by atoms with E-state index in [0.717, 1.165) is 0 Å². The van der Waals surface area contributed by atoms with Gasteiger partial charge in [-0.1, -0.05) is 0 Å². The number of benzene rings is 1. The molecule has 8 nitrogen and oxygen atoms in total. The fraction of sp³-hybridized carbons (Fsp3) is 0.600. The summed E-state index contributed by atoms with van der Waals surface area (Å²) in [7, 11) is -1.56. The number of likely N-dealkylation sites (N-methyl/N-ethyl adjacent to an activating group) is 1. The van der Waals surface area contributed by atoms with Crippen LogP contribution < -0.4 is 5.32 Å². The molecule has 0 spiro atoms. The second kappa shape index (κ2) is 8.81. The molecule has 1 heterocycles. The average molecular weight is 423 g/mol. The molecule has 1 aromatic carbocycles. The van der Waals surface area contributed by atoms with Crippen LogP contribution in [0.4, 0.5) is 0 Å². The van der Waals surface area contributed by atoms with Gasteiger partial charge in [0.1, 0.15) is 0 Å². The fourth-order valence-corrected chi connectivity index (χ4v) is 4.92. The second-order valence-corrected chi connectivity index (χ2v) is 9.83. The number of nitrogens with zero attached hydrogens (tertiary/aromatic N) is 3. The zero-order chi connectivity index (χ0) is 21.2. The first-order valence-electron chi connectivity index (χ1n) is 10.1. The lowest BCUT2D eigenvalue weighted by Gasteiger charge is -2.33. The van der Waals surface area contributed by atoms with Gasteiger partial charge in [0.05, 0.1) is 4.90 Å². The van der Waals surface area contributed by atoms with Crippen molar-refractivity contribution in [3.63, 3.8) is 0 Å². The van der Waals surface area contributed by atoms with E-state index in [2.05, 4.69) is 24.2 Å². The minimum absolute atomic E-state index is 0.0462. The van der Waals surface area contributed by atoms with Crippen molar-refractivity contribution in [2.24, 2.45) is 0 Å². The van der Waals surface area contributed by atoms with Crippen LogP contribution in [0.3, 0.4) is 0 Å². The van der Waals surface area contributed by atoms with Gasteiger partial charge in [-0.2, -0.15) is 4.31 Å². The van der Waals surface area contributed by atoms with Gasteiger partial charge in [0.25, 0.3) is 5.91 Å². The Balaban J connectivity index is 1.57. The average Bonchev–Trinajstić information content (AvgIpc) is 3.56. The maximum Gasteiger partial charge on any atom is 0.251 e. The highest BCUT2D eigenvalue weighted by atomic mass is 32.2. The van der Waals surface area contributed by atoms with Crippen molar-refractivity contribution >= 4 is 21.8 Å². The zero-order valence-electron chi connectivity index (χ0n) is 17.3. The van der Waals surface area contributed by atoms with Crippen molar-refractivity contribution in [2.45, 2.75) is 43.7 Å². The number of amides is 2. The fourth-order valence-electron chi connectivity index (χ4n) is 3.50. The van der Waals surface area contributed by atoms with Gasteiger partial charge in [0, 0.05) is 57.3 Å². The van der Waals surface area contributed by atoms with Crippen molar-refractivity contribution in [1.29, 1.82) is 0 Å². The Bertz CT molecular complexity index is 844. The van der Waals surface area contributed by atoms with Crippen LogP contribution in [-0.2, 0) is 14.8 Å². The van der Waals surface area contributed by atoms with Crippen LogP contribution in [0.25, 0.3) is 0 Å². The molecule has 9 heteroatoms. The van der Waals surface area contributed by atoms with Gasteiger partial charge < -0.3 is 10.2 Å². The number of sulfonamides is 1. The first-order valence-corrected chi connectivity index (χ1v) is 11.5. The Hall–Kier alpha value is -1.97. The smallest absolute Gasteiger partial charge is 0.251 e. The molecule has 2 amide bonds. The topological polar surface area (TPSA) is 90.0 Å². The number of carbonyl (C=O) groups is 2. The molecule has 1 saturated carbocycles. The second-order valence-electron chi connectivity index (χ2n) is 7.89. The minimum atomic E-state index is -3.64. The molecule has 0 aromatic heterocycles. The summed E-state index contributed by atoms with van der Waals surface area (Å²) >= 11 is 0. The van der Waals surface area contributed by atoms with Crippen molar-refractivity contribution in [1.82, 2.24) is 19.4 Å². The Morgan fingerprint density at radius 1 is 1.14 bits per heavy atom. The molecule has 1 N–H and O–H groups in total. The van der Waals surface area contributed by atoms with Crippen LogP contribution in [0.1, 0.15) is 37.0 Å². The first kappa shape index (κ1) is 21.7. The number of carbonyl (C=O) groups excluding carboxylic acids is 2. The largest absolute Gasteiger partial charge is 0.350 e. The molecule has 29 heavy (non-hydrogen) atoms. The van der Waals surface area contributed by atoms with Crippen LogP contribution in [-0.4, -0.2) is 86.2 Å². The van der Waals surface area contributed by atoms with Crippen molar-refractivity contribution in [3.8, 4) is 0 Å². The molecule has 1 atom stereocenters. The molecular formula is C20H30N4O4S. The highest BCUT2D eigenvalue weighted by Gasteiger charge is 2.30. The van der Waals surface area contributed by atoms with E-state index in [1.165, 1.54) is 36.2 Å². The highest BCUT2D eigenvalue weighted by molar-refractivity contribution is 7.89. The molecule has 0 bridgehead atoms. The van der Waals surface area contributed by atoms with Crippen LogP contribution in [0.2, 0.25) is 0 Å². The molecule has 1 aliphatic carbocycles. The molecule has 0 radical (unpaired) electrons. The quantitative estimate of drug-likeness (QED) is 0.700. The maximum absolute atomic E-state index is 12.8. The Kier molecular flexibility index (Phi) is 6.60. The number of piperazine rings is 1. The SMILES string of the molecule is CC(=O)N1CCN(S(=O)(=O)c2ccc(C(=O)NCC(C)N(C)C3CC3)cc2)CC1. The third-order valence-corrected chi connectivity index (χ3v) is 7.73. The molecule has 1 saturated heterocycles. The monoisotopic (exact) mass is 422 g/mol. The molecular weight excluding hydrogens is 392 g/mol. The molecule has 1 aliphatic heterocycles. The highest BCUT2D eigenvalue weighted by Crippen LogP contribution is 2.26. The maximum atomic E-state index is 12.8. The van der Waals surface area contributed by atoms with Gasteiger partial charge in [0.2, 0.25) is 15.9 Å². The van der Waals surface area contributed by atoms with Crippen molar-refractivity contribution in [2.75, 3.05) is 39.8 Å². The summed E-state index contributed by atoms with van der Waals surface area (Å²) < 4.78 is 27.0. The molecule has 1 aromatic rings. The van der Waals surface area contributed by atoms with Gasteiger partial charge in [0.15, 0.2) is 0 Å². The summed E-state index contributed by atoms with van der Waals surface area (Å²) in [6.45, 7) is 5.45. The summed E-state index contributed by atoms with van der Waals surface area (Å²) in [6, 6.07) is 6.92. The van der Waals surface area contributed by atoms with Crippen LogP contribution in [0, 0.1) is 0 Å². The Morgan fingerprint density at radius 2 is 1.72 bits per heavy atom. The molecule has 2 fully saturated rings. The predicted molar refractivity (Wildman–Crippen MR) is 110 cm³/mol. The number of hydrogen-bond donors (Lipinski definition) is 1. The molecule has 3 rings (SSSR count). The van der Waals surface area contributed by atoms with E-state index < -0.39 is 10.0 Å². The van der Waals surface area contributed by atoms with E-state index in [-0.39, 0.29) is 35.8 Å². The normalized spacial score (nSPS) is 19.2. The molecule has 2 aliphatic rings. The van der Waals surface area contributed by atoms with Crippen LogP contribution >= 0.6 is 0 Å². The lowest BCUT2D eigenvalue weighted by molar-refractivity contribution is -0.129. The number of nitrogens with one attached hydrogen (secondary N) is 1. The lowest BCUT2D eigenvalue weighted by Crippen LogP contribution is -2.49. The van der Waals surface area contributed by atoms with Gasteiger partial charge >= 0.3 is 0 Å². The molecule has 1 unspecified atom stereocenters. The van der Waals surface area contributed by atoms with E-state index in [4.69, 9.17) is 0 Å². The first-order chi connectivity index (χ1) is 13.7. The van der Waals surface area contributed by atoms with E-state index in [9.17, 15) is 18.0 Å². The Labute approximate surface area is 172 Å². The van der Waals surface area contributed by atoms with Crippen molar-refractivity contribution in [3.05, 3.63) is 29.8 Å². The van der Waals surface area contributed by atoms with Gasteiger partial charge in [-0.15, -0.1) is 0 Å². The summed E-state index contributed by atoms with van der Waals surface area (Å²) in [5, 5.41) is 2.92. The summed E-state index contributed by atoms with van der Waals surface area (Å²) in [5.41, 5.74) is 0.437. The lowest BCUT2D eigenvalue weighted by atomic mass is 10.2. The van der Waals surface area contributed by atoms with E-state index in [1.54, 1.807) is 17.0 Å². The third-order valence-electron chi connectivity index (χ3n) is 5.81. The van der Waals surface area contributed by atoms with Gasteiger partial charge in [-0.05, 0) is 51.1 Å². The molecule has 160 valence electrons. The standard InChI is InChI=1S/C20H30N4O4S/c1-15(22(3)18-6-7-18)14-21-20(26)17-4-8-19(9-5-17)29(27,28)24-12-10-23(11-13-24)16(2)25/h4-5,8-9,15,18H,6-7,10-14H2,1-3H3,(H,21,26). The third kappa shape index (κ3) is 5.15. The van der Waals surface area contributed by atoms with Gasteiger partial charge in [-0.25, -0.2) is 8.42 Å². The van der Waals surface area contributed by atoms with E-state index >= 15 is 0 Å². The summed E-state index contributed by atoms with van der Waals surface area (Å²) in [5.74, 6) is -0.255. The van der Waals surface area contributed by atoms with E-state index in [0.29, 0.717) is 31.2 Å². The van der Waals surface area contributed by atoms with Crippen molar-refractivity contribution < 1.29 is 18.0 Å². The van der Waals surface area contributed by atoms with Crippen LogP contribution in [0.5, 0.6) is 0 Å². The predicted octanol–water partition coefficient (Wildman–Crippen LogP) is 0.752. The minimum Gasteiger partial charge on any atom is -0.350 e. The number of hydrogen-bond acceptors (Lipinski definition) is 5. The van der Waals surface area contributed by atoms with E-state index in [1.807, 2.05) is 0 Å². The Morgan fingerprint density at radius 3 is 2.24 bits per heavy atom. The van der Waals surface area contributed by atoms with Crippen LogP contribution in [0.15, 0.2) is 29.2 Å². The summed E-state index contributed by atoms with van der Waals surface area (Å²) in [4.78, 5) is 27.9. The number of rotatable bonds is 7. The van der Waals surface area contributed by atoms with Gasteiger partial charge in [-0.3, -0.25) is 14.5 Å². The zero-order valence-corrected chi connectivity index (χ0v) is 18.1. The summed E-state index contributed by atoms with van der Waals surface area (Å²) in [6.07, 6.45) is 2.43.